The van der Waals surface area contributed by atoms with Crippen LogP contribution in [0, 0.1) is 0 Å². The zero-order valence-corrected chi connectivity index (χ0v) is 11.6. The summed E-state index contributed by atoms with van der Waals surface area (Å²) in [5.41, 5.74) is 2.18. The van der Waals surface area contributed by atoms with Gasteiger partial charge in [0, 0.05) is 23.7 Å². The summed E-state index contributed by atoms with van der Waals surface area (Å²) in [5.74, 6) is 0.0198. The molecule has 3 rings (SSSR count). The van der Waals surface area contributed by atoms with Crippen LogP contribution in [-0.4, -0.2) is 13.0 Å². The smallest absolute Gasteiger partial charge is 0.291 e. The maximum atomic E-state index is 12.4. The van der Waals surface area contributed by atoms with E-state index in [-0.39, 0.29) is 5.91 Å². The minimum atomic E-state index is -0.274. The summed E-state index contributed by atoms with van der Waals surface area (Å²) in [5, 5.41) is 3.73. The van der Waals surface area contributed by atoms with Crippen LogP contribution in [0.2, 0.25) is 0 Å². The number of hydrogen-bond donors (Lipinski definition) is 1. The maximum absolute atomic E-state index is 12.4. The molecule has 106 valence electrons. The number of methoxy groups -OCH3 is 1. The van der Waals surface area contributed by atoms with E-state index in [9.17, 15) is 4.79 Å². The number of furan rings is 1. The summed E-state index contributed by atoms with van der Waals surface area (Å²) in [4.78, 5) is 12.4. The third-order valence-corrected chi connectivity index (χ3v) is 3.22. The van der Waals surface area contributed by atoms with Crippen molar-refractivity contribution >= 4 is 22.6 Å². The molecular formula is C17H15NO3. The molecule has 1 heterocycles. The molecule has 0 aliphatic rings. The zero-order chi connectivity index (χ0) is 14.7. The molecule has 21 heavy (non-hydrogen) atoms. The third-order valence-electron chi connectivity index (χ3n) is 3.22. The fourth-order valence-electron chi connectivity index (χ4n) is 2.28. The predicted molar refractivity (Wildman–Crippen MR) is 81.3 cm³/mol. The molecule has 0 fully saturated rings. The van der Waals surface area contributed by atoms with E-state index in [1.54, 1.807) is 7.11 Å². The lowest BCUT2D eigenvalue weighted by molar-refractivity contribution is 0.0992. The fraction of sp³-hybridized carbons (Fsp3) is 0.118. The number of ether oxygens (including phenoxy) is 1. The van der Waals surface area contributed by atoms with Gasteiger partial charge >= 0.3 is 0 Å². The number of anilines is 1. The Bertz CT molecular complexity index is 762. The quantitative estimate of drug-likeness (QED) is 0.790. The number of rotatable bonds is 4. The first kappa shape index (κ1) is 13.4. The van der Waals surface area contributed by atoms with Gasteiger partial charge in [-0.15, -0.1) is 0 Å². The van der Waals surface area contributed by atoms with Gasteiger partial charge in [-0.3, -0.25) is 4.79 Å². The molecule has 4 heteroatoms. The standard InChI is InChI=1S/C17H15NO3/c1-20-11-14-13-9-5-6-10-15(13)21-16(14)17(19)18-12-7-3-2-4-8-12/h2-10H,11H2,1H3,(H,18,19). The lowest BCUT2D eigenvalue weighted by Crippen LogP contribution is -2.13. The summed E-state index contributed by atoms with van der Waals surface area (Å²) >= 11 is 0. The highest BCUT2D eigenvalue weighted by molar-refractivity contribution is 6.06. The van der Waals surface area contributed by atoms with Crippen molar-refractivity contribution in [2.45, 2.75) is 6.61 Å². The second-order valence-electron chi connectivity index (χ2n) is 4.66. The Morgan fingerprint density at radius 1 is 1.10 bits per heavy atom. The minimum Gasteiger partial charge on any atom is -0.451 e. The van der Waals surface area contributed by atoms with Crippen molar-refractivity contribution in [1.82, 2.24) is 0 Å². The summed E-state index contributed by atoms with van der Waals surface area (Å²) < 4.78 is 10.9. The molecule has 0 saturated carbocycles. The van der Waals surface area contributed by atoms with Gasteiger partial charge < -0.3 is 14.5 Å². The lowest BCUT2D eigenvalue weighted by atomic mass is 10.1. The van der Waals surface area contributed by atoms with Crippen molar-refractivity contribution in [3.63, 3.8) is 0 Å². The number of benzene rings is 2. The van der Waals surface area contributed by atoms with E-state index < -0.39 is 0 Å². The van der Waals surface area contributed by atoms with Crippen LogP contribution in [0.15, 0.2) is 59.0 Å². The Balaban J connectivity index is 1.99. The fourth-order valence-corrected chi connectivity index (χ4v) is 2.28. The third kappa shape index (κ3) is 2.66. The van der Waals surface area contributed by atoms with E-state index in [4.69, 9.17) is 9.15 Å². The van der Waals surface area contributed by atoms with Gasteiger partial charge in [-0.2, -0.15) is 0 Å². The summed E-state index contributed by atoms with van der Waals surface area (Å²) in [7, 11) is 1.60. The van der Waals surface area contributed by atoms with Crippen LogP contribution in [0.25, 0.3) is 11.0 Å². The highest BCUT2D eigenvalue weighted by Crippen LogP contribution is 2.27. The van der Waals surface area contributed by atoms with Crippen LogP contribution in [0.1, 0.15) is 16.1 Å². The first-order valence-electron chi connectivity index (χ1n) is 6.65. The van der Waals surface area contributed by atoms with E-state index in [1.807, 2.05) is 54.6 Å². The zero-order valence-electron chi connectivity index (χ0n) is 11.6. The van der Waals surface area contributed by atoms with Crippen molar-refractivity contribution in [1.29, 1.82) is 0 Å². The van der Waals surface area contributed by atoms with Crippen LogP contribution in [-0.2, 0) is 11.3 Å². The van der Waals surface area contributed by atoms with Gasteiger partial charge in [-0.05, 0) is 18.2 Å². The first-order chi connectivity index (χ1) is 10.3. The van der Waals surface area contributed by atoms with Crippen LogP contribution in [0.5, 0.6) is 0 Å². The van der Waals surface area contributed by atoms with Crippen molar-refractivity contribution in [2.24, 2.45) is 0 Å². The SMILES string of the molecule is COCc1c(C(=O)Nc2ccccc2)oc2ccccc12. The second-order valence-corrected chi connectivity index (χ2v) is 4.66. The van der Waals surface area contributed by atoms with Crippen LogP contribution in [0.3, 0.4) is 0 Å². The van der Waals surface area contributed by atoms with E-state index >= 15 is 0 Å². The average molecular weight is 281 g/mol. The molecule has 0 saturated heterocycles. The molecule has 0 radical (unpaired) electrons. The van der Waals surface area contributed by atoms with Crippen LogP contribution < -0.4 is 5.32 Å². The van der Waals surface area contributed by atoms with Gasteiger partial charge in [0.15, 0.2) is 5.76 Å². The van der Waals surface area contributed by atoms with Gasteiger partial charge in [0.2, 0.25) is 0 Å². The summed E-state index contributed by atoms with van der Waals surface area (Å²) in [6.45, 7) is 0.328. The van der Waals surface area contributed by atoms with E-state index in [0.29, 0.717) is 18.0 Å². The van der Waals surface area contributed by atoms with Crippen molar-refractivity contribution < 1.29 is 13.9 Å². The molecule has 0 atom stereocenters. The lowest BCUT2D eigenvalue weighted by Gasteiger charge is -2.04. The highest BCUT2D eigenvalue weighted by atomic mass is 16.5. The van der Waals surface area contributed by atoms with Gasteiger partial charge in [-0.1, -0.05) is 36.4 Å². The Hall–Kier alpha value is -2.59. The number of carbonyl (C=O) groups is 1. The molecule has 0 aliphatic carbocycles. The van der Waals surface area contributed by atoms with Crippen LogP contribution in [0.4, 0.5) is 5.69 Å². The number of nitrogens with one attached hydrogen (secondary N) is 1. The molecule has 0 bridgehead atoms. The number of amides is 1. The van der Waals surface area contributed by atoms with Gasteiger partial charge in [0.25, 0.3) is 5.91 Å². The van der Waals surface area contributed by atoms with Gasteiger partial charge in [-0.25, -0.2) is 0 Å². The molecule has 1 aromatic heterocycles. The predicted octanol–water partition coefficient (Wildman–Crippen LogP) is 3.83. The van der Waals surface area contributed by atoms with Crippen LogP contribution >= 0.6 is 0 Å². The van der Waals surface area contributed by atoms with Crippen molar-refractivity contribution in [2.75, 3.05) is 12.4 Å². The highest BCUT2D eigenvalue weighted by Gasteiger charge is 2.20. The Morgan fingerprint density at radius 3 is 2.57 bits per heavy atom. The molecule has 0 aliphatic heterocycles. The summed E-state index contributed by atoms with van der Waals surface area (Å²) in [6, 6.07) is 16.8. The second kappa shape index (κ2) is 5.81. The normalized spacial score (nSPS) is 10.7. The molecular weight excluding hydrogens is 266 g/mol. The average Bonchev–Trinajstić information content (AvgIpc) is 2.88. The number of hydrogen-bond acceptors (Lipinski definition) is 3. The van der Waals surface area contributed by atoms with Gasteiger partial charge in [0.05, 0.1) is 6.61 Å². The molecule has 4 nitrogen and oxygen atoms in total. The van der Waals surface area contributed by atoms with E-state index in [2.05, 4.69) is 5.32 Å². The Kier molecular flexibility index (Phi) is 3.71. The van der Waals surface area contributed by atoms with Gasteiger partial charge in [0.1, 0.15) is 5.58 Å². The van der Waals surface area contributed by atoms with Crippen molar-refractivity contribution in [3.05, 3.63) is 65.9 Å². The molecule has 1 N–H and O–H groups in total. The summed E-state index contributed by atoms with van der Waals surface area (Å²) in [6.07, 6.45) is 0. The minimum absolute atomic E-state index is 0.274. The van der Waals surface area contributed by atoms with Crippen molar-refractivity contribution in [3.8, 4) is 0 Å². The molecule has 3 aromatic rings. The molecule has 2 aromatic carbocycles. The van der Waals surface area contributed by atoms with E-state index in [1.165, 1.54) is 0 Å². The monoisotopic (exact) mass is 281 g/mol. The molecule has 0 unspecified atom stereocenters. The maximum Gasteiger partial charge on any atom is 0.291 e. The number of para-hydroxylation sites is 2. The first-order valence-corrected chi connectivity index (χ1v) is 6.65. The van der Waals surface area contributed by atoms with E-state index in [0.717, 1.165) is 16.6 Å². The Morgan fingerprint density at radius 2 is 1.81 bits per heavy atom. The number of carbonyl (C=O) groups excluding carboxylic acids is 1. The topological polar surface area (TPSA) is 51.5 Å². The number of fused-ring (bicyclic) bond motifs is 1. The largest absolute Gasteiger partial charge is 0.451 e. The molecule has 0 spiro atoms. The molecule has 1 amide bonds. The Labute approximate surface area is 122 Å².